The molecule has 1 aromatic carbocycles. The zero-order valence-electron chi connectivity index (χ0n) is 14.8. The Kier molecular flexibility index (Phi) is 4.60. The van der Waals surface area contributed by atoms with Crippen LogP contribution in [0.25, 0.3) is 10.9 Å². The van der Waals surface area contributed by atoms with E-state index in [0.29, 0.717) is 5.69 Å². The molecule has 2 rings (SSSR count). The molecule has 0 amide bonds. The summed E-state index contributed by atoms with van der Waals surface area (Å²) in [5.74, 6) is -0.203. The quantitative estimate of drug-likeness (QED) is 0.661. The van der Waals surface area contributed by atoms with Gasteiger partial charge in [-0.05, 0) is 42.0 Å². The minimum atomic E-state index is -0.281. The average Bonchev–Trinajstić information content (AvgIpc) is 2.44. The minimum absolute atomic E-state index is 0.155. The summed E-state index contributed by atoms with van der Waals surface area (Å²) in [6.07, 6.45) is 3.38. The van der Waals surface area contributed by atoms with E-state index in [1.165, 1.54) is 5.56 Å². The first-order valence-corrected chi connectivity index (χ1v) is 8.32. The van der Waals surface area contributed by atoms with Crippen molar-refractivity contribution in [1.82, 2.24) is 4.98 Å². The molecule has 22 heavy (non-hydrogen) atoms. The summed E-state index contributed by atoms with van der Waals surface area (Å²) < 4.78 is 14.4. The predicted octanol–water partition coefficient (Wildman–Crippen LogP) is 6.14. The Morgan fingerprint density at radius 2 is 1.73 bits per heavy atom. The summed E-state index contributed by atoms with van der Waals surface area (Å²) in [5.41, 5.74) is 2.58. The molecule has 2 aromatic rings. The second-order valence-corrected chi connectivity index (χ2v) is 7.64. The molecule has 0 saturated carbocycles. The molecule has 1 aromatic heterocycles. The van der Waals surface area contributed by atoms with Gasteiger partial charge in [-0.15, -0.1) is 0 Å². The van der Waals surface area contributed by atoms with Crippen LogP contribution in [0.5, 0.6) is 0 Å². The highest BCUT2D eigenvalue weighted by Gasteiger charge is 2.25. The number of halogens is 1. The van der Waals surface area contributed by atoms with Gasteiger partial charge >= 0.3 is 0 Å². The van der Waals surface area contributed by atoms with Crippen molar-refractivity contribution in [2.24, 2.45) is 0 Å². The van der Waals surface area contributed by atoms with Crippen molar-refractivity contribution in [1.29, 1.82) is 0 Å². The van der Waals surface area contributed by atoms with Crippen LogP contribution in [0.3, 0.4) is 0 Å². The van der Waals surface area contributed by atoms with Crippen molar-refractivity contribution in [3.63, 3.8) is 0 Å². The number of hydrogen-bond donors (Lipinski definition) is 0. The Balaban J connectivity index is 2.57. The fourth-order valence-corrected chi connectivity index (χ4v) is 3.13. The van der Waals surface area contributed by atoms with Crippen LogP contribution in [0.1, 0.15) is 72.1 Å². The third-order valence-corrected chi connectivity index (χ3v) is 4.76. The Morgan fingerprint density at radius 1 is 1.05 bits per heavy atom. The maximum atomic E-state index is 14.4. The van der Waals surface area contributed by atoms with E-state index in [1.54, 1.807) is 6.07 Å². The summed E-state index contributed by atoms with van der Waals surface area (Å²) in [5, 5.41) is 0.902. The van der Waals surface area contributed by atoms with Crippen molar-refractivity contribution >= 4 is 10.9 Å². The van der Waals surface area contributed by atoms with Crippen molar-refractivity contribution in [3.8, 4) is 0 Å². The molecule has 1 heterocycles. The van der Waals surface area contributed by atoms with E-state index in [2.05, 4.69) is 37.9 Å². The molecule has 1 atom stereocenters. The van der Waals surface area contributed by atoms with Gasteiger partial charge < -0.3 is 0 Å². The highest BCUT2D eigenvalue weighted by molar-refractivity contribution is 5.80. The Labute approximate surface area is 134 Å². The normalized spacial score (nSPS) is 15.0. The predicted molar refractivity (Wildman–Crippen MR) is 93.0 cm³/mol. The molecular weight excluding hydrogens is 273 g/mol. The zero-order valence-corrected chi connectivity index (χ0v) is 14.8. The highest BCUT2D eigenvalue weighted by atomic mass is 19.1. The molecular formula is C20H28FN. The lowest BCUT2D eigenvalue weighted by Crippen LogP contribution is -2.20. The molecule has 120 valence electrons. The van der Waals surface area contributed by atoms with E-state index in [9.17, 15) is 4.39 Å². The Morgan fingerprint density at radius 3 is 2.27 bits per heavy atom. The molecule has 0 radical (unpaired) electrons. The van der Waals surface area contributed by atoms with Crippen LogP contribution in [-0.2, 0) is 10.8 Å². The molecule has 0 spiro atoms. The fourth-order valence-electron chi connectivity index (χ4n) is 3.13. The number of hydrogen-bond acceptors (Lipinski definition) is 1. The van der Waals surface area contributed by atoms with Gasteiger partial charge in [-0.25, -0.2) is 9.37 Å². The van der Waals surface area contributed by atoms with Gasteiger partial charge in [0.15, 0.2) is 0 Å². The summed E-state index contributed by atoms with van der Waals surface area (Å²) in [4.78, 5) is 4.57. The monoisotopic (exact) mass is 301 g/mol. The van der Waals surface area contributed by atoms with Crippen LogP contribution in [0.15, 0.2) is 24.3 Å². The first-order chi connectivity index (χ1) is 10.2. The van der Waals surface area contributed by atoms with E-state index < -0.39 is 0 Å². The molecule has 0 bridgehead atoms. The third-order valence-electron chi connectivity index (χ3n) is 4.76. The molecule has 0 aliphatic rings. The summed E-state index contributed by atoms with van der Waals surface area (Å²) in [6.45, 7) is 12.7. The first-order valence-electron chi connectivity index (χ1n) is 8.32. The average molecular weight is 301 g/mol. The molecule has 1 unspecified atom stereocenters. The minimum Gasteiger partial charge on any atom is -0.249 e. The molecule has 0 aliphatic carbocycles. The summed E-state index contributed by atoms with van der Waals surface area (Å²) in [6, 6.07) is 7.98. The molecule has 0 fully saturated rings. The largest absolute Gasteiger partial charge is 0.249 e. The number of benzene rings is 1. The van der Waals surface area contributed by atoms with Crippen molar-refractivity contribution in [2.45, 2.75) is 71.6 Å². The molecule has 1 nitrogen and oxygen atoms in total. The maximum absolute atomic E-state index is 14.4. The van der Waals surface area contributed by atoms with Gasteiger partial charge in [-0.2, -0.15) is 0 Å². The molecule has 0 aliphatic heterocycles. The Bertz CT molecular complexity index is 669. The van der Waals surface area contributed by atoms with E-state index in [-0.39, 0.29) is 16.6 Å². The van der Waals surface area contributed by atoms with Crippen LogP contribution in [0, 0.1) is 5.82 Å². The van der Waals surface area contributed by atoms with Crippen LogP contribution in [0.4, 0.5) is 4.39 Å². The van der Waals surface area contributed by atoms with E-state index in [4.69, 9.17) is 0 Å². The number of rotatable bonds is 4. The maximum Gasteiger partial charge on any atom is 0.145 e. The number of nitrogens with zero attached hydrogens (tertiary/aromatic N) is 1. The lowest BCUT2D eigenvalue weighted by atomic mass is 9.76. The SMILES string of the molecule is CCCC(C)(CC)c1ccc2nc(C(C)(C)C)c(F)cc2c1. The molecule has 2 heteroatoms. The van der Waals surface area contributed by atoms with Gasteiger partial charge in [0.1, 0.15) is 5.82 Å². The van der Waals surface area contributed by atoms with Crippen LogP contribution >= 0.6 is 0 Å². The van der Waals surface area contributed by atoms with Crippen molar-refractivity contribution < 1.29 is 4.39 Å². The van der Waals surface area contributed by atoms with Gasteiger partial charge in [0, 0.05) is 10.8 Å². The van der Waals surface area contributed by atoms with Crippen LogP contribution in [0.2, 0.25) is 0 Å². The topological polar surface area (TPSA) is 12.9 Å². The third kappa shape index (κ3) is 3.16. The standard InChI is InChI=1S/C20H28FN/c1-7-11-20(6,8-2)15-9-10-17-14(12-15)13-16(21)18(22-17)19(3,4)5/h9-10,12-13H,7-8,11H2,1-6H3. The molecule has 0 saturated heterocycles. The summed E-state index contributed by atoms with van der Waals surface area (Å²) >= 11 is 0. The number of aromatic nitrogens is 1. The lowest BCUT2D eigenvalue weighted by Gasteiger charge is -2.29. The van der Waals surface area contributed by atoms with E-state index in [1.807, 2.05) is 26.8 Å². The number of pyridine rings is 1. The van der Waals surface area contributed by atoms with Gasteiger partial charge in [-0.3, -0.25) is 0 Å². The smallest absolute Gasteiger partial charge is 0.145 e. The lowest BCUT2D eigenvalue weighted by molar-refractivity contribution is 0.414. The summed E-state index contributed by atoms with van der Waals surface area (Å²) in [7, 11) is 0. The fraction of sp³-hybridized carbons (Fsp3) is 0.550. The van der Waals surface area contributed by atoms with Gasteiger partial charge in [0.2, 0.25) is 0 Å². The highest BCUT2D eigenvalue weighted by Crippen LogP contribution is 2.35. The van der Waals surface area contributed by atoms with Crippen molar-refractivity contribution in [3.05, 3.63) is 41.3 Å². The number of fused-ring (bicyclic) bond motifs is 1. The van der Waals surface area contributed by atoms with Crippen LogP contribution < -0.4 is 0 Å². The van der Waals surface area contributed by atoms with Gasteiger partial charge in [0.05, 0.1) is 11.2 Å². The van der Waals surface area contributed by atoms with Crippen molar-refractivity contribution in [2.75, 3.05) is 0 Å². The zero-order chi connectivity index (χ0) is 16.5. The molecule has 0 N–H and O–H groups in total. The Hall–Kier alpha value is -1.44. The van der Waals surface area contributed by atoms with E-state index >= 15 is 0 Å². The first kappa shape index (κ1) is 16.9. The second-order valence-electron chi connectivity index (χ2n) is 7.64. The van der Waals surface area contributed by atoms with Crippen LogP contribution in [-0.4, -0.2) is 4.98 Å². The second kappa shape index (κ2) is 5.98. The van der Waals surface area contributed by atoms with Gasteiger partial charge in [-0.1, -0.05) is 54.0 Å². The van der Waals surface area contributed by atoms with Gasteiger partial charge in [0.25, 0.3) is 0 Å². The van der Waals surface area contributed by atoms with E-state index in [0.717, 1.165) is 30.2 Å².